The number of ether oxygens (including phenoxy) is 1. The number of aromatic nitrogens is 4. The fourth-order valence-corrected chi connectivity index (χ4v) is 3.17. The molecule has 0 atom stereocenters. The highest BCUT2D eigenvalue weighted by atomic mass is 32.2. The van der Waals surface area contributed by atoms with E-state index in [9.17, 15) is 18.0 Å². The average Bonchev–Trinajstić information content (AvgIpc) is 3.16. The molecule has 3 rings (SSSR count). The first-order valence-corrected chi connectivity index (χ1v) is 9.48. The highest BCUT2D eigenvalue weighted by Gasteiger charge is 2.34. The summed E-state index contributed by atoms with van der Waals surface area (Å²) in [5.74, 6) is 0.0489. The van der Waals surface area contributed by atoms with Gasteiger partial charge >= 0.3 is 6.18 Å². The summed E-state index contributed by atoms with van der Waals surface area (Å²) in [5, 5.41) is 13.6. The van der Waals surface area contributed by atoms with Crippen LogP contribution in [0.1, 0.15) is 12.5 Å². The number of halogens is 3. The summed E-state index contributed by atoms with van der Waals surface area (Å²) in [6.45, 7) is 2.27. The molecule has 1 heterocycles. The molecule has 0 saturated carbocycles. The molecule has 0 radical (unpaired) electrons. The first kappa shape index (κ1) is 20.6. The van der Waals surface area contributed by atoms with Crippen molar-refractivity contribution in [2.45, 2.75) is 18.3 Å². The van der Waals surface area contributed by atoms with Gasteiger partial charge in [0.25, 0.3) is 0 Å². The van der Waals surface area contributed by atoms with Gasteiger partial charge in [-0.25, -0.2) is 0 Å². The predicted octanol–water partition coefficient (Wildman–Crippen LogP) is 3.81. The van der Waals surface area contributed by atoms with E-state index in [2.05, 4.69) is 20.8 Å². The fraction of sp³-hybridized carbons (Fsp3) is 0.222. The van der Waals surface area contributed by atoms with Gasteiger partial charge in [-0.2, -0.15) is 17.9 Å². The maximum absolute atomic E-state index is 13.3. The number of benzene rings is 2. The molecular weight excluding hydrogens is 407 g/mol. The number of tetrazole rings is 1. The summed E-state index contributed by atoms with van der Waals surface area (Å²) in [6.07, 6.45) is -4.56. The van der Waals surface area contributed by atoms with Gasteiger partial charge < -0.3 is 10.1 Å². The molecule has 0 bridgehead atoms. The van der Waals surface area contributed by atoms with Crippen LogP contribution in [-0.2, 0) is 11.0 Å². The molecule has 7 nitrogen and oxygen atoms in total. The third-order valence-corrected chi connectivity index (χ3v) is 4.59. The van der Waals surface area contributed by atoms with Crippen LogP contribution in [0.3, 0.4) is 0 Å². The number of nitrogens with zero attached hydrogens (tertiary/aromatic N) is 4. The standard InChI is InChI=1S/C18H16F3N5O2S/c1-2-28-15-10-6-4-8-13(15)22-16(27)11-29-17-23-24-25-26(17)14-9-5-3-7-12(14)18(19,20)21/h3-10H,2,11H2,1H3,(H,22,27). The summed E-state index contributed by atoms with van der Waals surface area (Å²) in [5.41, 5.74) is -0.583. The van der Waals surface area contributed by atoms with E-state index in [-0.39, 0.29) is 22.5 Å². The van der Waals surface area contributed by atoms with E-state index in [4.69, 9.17) is 4.74 Å². The lowest BCUT2D eigenvalue weighted by atomic mass is 10.2. The minimum Gasteiger partial charge on any atom is -0.492 e. The Labute approximate surface area is 168 Å². The Morgan fingerprint density at radius 1 is 1.17 bits per heavy atom. The number of alkyl halides is 3. The number of carbonyl (C=O) groups is 1. The summed E-state index contributed by atoms with van der Waals surface area (Å²) in [4.78, 5) is 12.3. The van der Waals surface area contributed by atoms with Crippen molar-refractivity contribution >= 4 is 23.4 Å². The third-order valence-electron chi connectivity index (χ3n) is 3.67. The second-order valence-electron chi connectivity index (χ2n) is 5.65. The van der Waals surface area contributed by atoms with Crippen LogP contribution in [0.5, 0.6) is 5.75 Å². The van der Waals surface area contributed by atoms with Gasteiger partial charge in [-0.3, -0.25) is 4.79 Å². The first-order valence-electron chi connectivity index (χ1n) is 8.49. The number of hydrogen-bond acceptors (Lipinski definition) is 6. The Morgan fingerprint density at radius 3 is 2.66 bits per heavy atom. The molecule has 11 heteroatoms. The van der Waals surface area contributed by atoms with Gasteiger partial charge in [0.15, 0.2) is 0 Å². The number of thioether (sulfide) groups is 1. The number of carbonyl (C=O) groups excluding carboxylic acids is 1. The van der Waals surface area contributed by atoms with Crippen molar-refractivity contribution in [3.63, 3.8) is 0 Å². The lowest BCUT2D eigenvalue weighted by Crippen LogP contribution is -2.16. The monoisotopic (exact) mass is 423 g/mol. The predicted molar refractivity (Wildman–Crippen MR) is 101 cm³/mol. The summed E-state index contributed by atoms with van der Waals surface area (Å²) < 4.78 is 46.2. The van der Waals surface area contributed by atoms with Crippen LogP contribution in [0, 0.1) is 0 Å². The van der Waals surface area contributed by atoms with Crippen molar-refractivity contribution < 1.29 is 22.7 Å². The molecule has 0 saturated heterocycles. The van der Waals surface area contributed by atoms with Gasteiger partial charge in [0.05, 0.1) is 29.3 Å². The SMILES string of the molecule is CCOc1ccccc1NC(=O)CSc1nnnn1-c1ccccc1C(F)(F)F. The average molecular weight is 423 g/mol. The number of anilines is 1. The van der Waals surface area contributed by atoms with Gasteiger partial charge in [0.1, 0.15) is 5.75 Å². The van der Waals surface area contributed by atoms with E-state index >= 15 is 0 Å². The van der Waals surface area contributed by atoms with Crippen molar-refractivity contribution in [3.8, 4) is 11.4 Å². The molecule has 3 aromatic rings. The minimum absolute atomic E-state index is 0.0648. The highest BCUT2D eigenvalue weighted by molar-refractivity contribution is 7.99. The fourth-order valence-electron chi connectivity index (χ4n) is 2.49. The lowest BCUT2D eigenvalue weighted by molar-refractivity contribution is -0.137. The second-order valence-corrected chi connectivity index (χ2v) is 6.60. The highest BCUT2D eigenvalue weighted by Crippen LogP contribution is 2.34. The molecular formula is C18H16F3N5O2S. The Hall–Kier alpha value is -3.08. The zero-order valence-corrected chi connectivity index (χ0v) is 16.0. The van der Waals surface area contributed by atoms with Crippen LogP contribution in [0.4, 0.5) is 18.9 Å². The normalized spacial score (nSPS) is 11.3. The number of nitrogens with one attached hydrogen (secondary N) is 1. The number of amides is 1. The largest absolute Gasteiger partial charge is 0.492 e. The van der Waals surface area contributed by atoms with Gasteiger partial charge in [0, 0.05) is 0 Å². The third kappa shape index (κ3) is 5.05. The molecule has 152 valence electrons. The quantitative estimate of drug-likeness (QED) is 0.582. The Morgan fingerprint density at radius 2 is 1.90 bits per heavy atom. The molecule has 0 fully saturated rings. The van der Waals surface area contributed by atoms with Gasteiger partial charge in [-0.1, -0.05) is 36.0 Å². The van der Waals surface area contributed by atoms with Crippen molar-refractivity contribution in [3.05, 3.63) is 54.1 Å². The molecule has 0 spiro atoms. The maximum atomic E-state index is 13.3. The van der Waals surface area contributed by atoms with E-state index < -0.39 is 11.7 Å². The Kier molecular flexibility index (Phi) is 6.37. The Bertz CT molecular complexity index is 993. The summed E-state index contributed by atoms with van der Waals surface area (Å²) in [7, 11) is 0. The van der Waals surface area contributed by atoms with E-state index in [1.165, 1.54) is 18.2 Å². The Balaban J connectivity index is 1.73. The van der Waals surface area contributed by atoms with Crippen LogP contribution in [0.15, 0.2) is 53.7 Å². The van der Waals surface area contributed by atoms with Crippen molar-refractivity contribution in [2.75, 3.05) is 17.7 Å². The van der Waals surface area contributed by atoms with Crippen LogP contribution in [-0.4, -0.2) is 38.5 Å². The van der Waals surface area contributed by atoms with Gasteiger partial charge in [0.2, 0.25) is 11.1 Å². The van der Waals surface area contributed by atoms with Crippen LogP contribution in [0.25, 0.3) is 5.69 Å². The van der Waals surface area contributed by atoms with Crippen molar-refractivity contribution in [2.24, 2.45) is 0 Å². The van der Waals surface area contributed by atoms with Crippen molar-refractivity contribution in [1.29, 1.82) is 0 Å². The number of hydrogen-bond donors (Lipinski definition) is 1. The minimum atomic E-state index is -4.56. The van der Waals surface area contributed by atoms with Gasteiger partial charge in [-0.05, 0) is 41.6 Å². The van der Waals surface area contributed by atoms with Crippen molar-refractivity contribution in [1.82, 2.24) is 20.2 Å². The smallest absolute Gasteiger partial charge is 0.418 e. The molecule has 1 amide bonds. The number of para-hydroxylation sites is 3. The van der Waals surface area contributed by atoms with Crippen LogP contribution < -0.4 is 10.1 Å². The van der Waals surface area contributed by atoms with Gasteiger partial charge in [-0.15, -0.1) is 5.10 Å². The zero-order chi connectivity index (χ0) is 20.9. The van der Waals surface area contributed by atoms with E-state index in [0.717, 1.165) is 22.5 Å². The molecule has 0 aliphatic carbocycles. The summed E-state index contributed by atoms with van der Waals surface area (Å²) in [6, 6.07) is 11.9. The molecule has 1 aromatic heterocycles. The van der Waals surface area contributed by atoms with E-state index in [1.54, 1.807) is 24.3 Å². The molecule has 2 aromatic carbocycles. The second kappa shape index (κ2) is 8.95. The topological polar surface area (TPSA) is 81.9 Å². The zero-order valence-electron chi connectivity index (χ0n) is 15.2. The maximum Gasteiger partial charge on any atom is 0.418 e. The number of rotatable bonds is 7. The summed E-state index contributed by atoms with van der Waals surface area (Å²) >= 11 is 0.921. The van der Waals surface area contributed by atoms with Crippen LogP contribution in [0.2, 0.25) is 0 Å². The molecule has 0 aliphatic heterocycles. The van der Waals surface area contributed by atoms with E-state index in [0.29, 0.717) is 18.0 Å². The van der Waals surface area contributed by atoms with Crippen LogP contribution >= 0.6 is 11.8 Å². The van der Waals surface area contributed by atoms with E-state index in [1.807, 2.05) is 6.92 Å². The first-order chi connectivity index (χ1) is 13.9. The molecule has 0 unspecified atom stereocenters. The lowest BCUT2D eigenvalue weighted by Gasteiger charge is -2.13. The molecule has 1 N–H and O–H groups in total. The molecule has 29 heavy (non-hydrogen) atoms. The molecule has 0 aliphatic rings.